The third-order valence-electron chi connectivity index (χ3n) is 4.75. The number of hydrogen-bond donors (Lipinski definition) is 1. The molecule has 0 aliphatic rings. The van der Waals surface area contributed by atoms with Gasteiger partial charge in [-0.2, -0.15) is 5.10 Å². The van der Waals surface area contributed by atoms with E-state index in [0.29, 0.717) is 43.3 Å². The van der Waals surface area contributed by atoms with Gasteiger partial charge >= 0.3 is 0 Å². The van der Waals surface area contributed by atoms with Gasteiger partial charge in [-0.15, -0.1) is 0 Å². The fourth-order valence-electron chi connectivity index (χ4n) is 3.27. The zero-order valence-electron chi connectivity index (χ0n) is 17.3. The van der Waals surface area contributed by atoms with E-state index in [9.17, 15) is 4.79 Å². The third-order valence-corrected chi connectivity index (χ3v) is 4.75. The summed E-state index contributed by atoms with van der Waals surface area (Å²) in [6.07, 6.45) is 3.24. The van der Waals surface area contributed by atoms with Crippen molar-refractivity contribution in [2.75, 3.05) is 25.1 Å². The minimum Gasteiger partial charge on any atom is -0.379 e. The van der Waals surface area contributed by atoms with Gasteiger partial charge in [0.25, 0.3) is 5.91 Å². The van der Waals surface area contributed by atoms with E-state index in [2.05, 4.69) is 15.4 Å². The molecule has 1 amide bonds. The van der Waals surface area contributed by atoms with Gasteiger partial charge in [-0.25, -0.2) is 9.50 Å². The van der Waals surface area contributed by atoms with Crippen molar-refractivity contribution in [1.82, 2.24) is 14.6 Å². The predicted molar refractivity (Wildman–Crippen MR) is 119 cm³/mol. The molecule has 4 rings (SSSR count). The van der Waals surface area contributed by atoms with Crippen molar-refractivity contribution in [3.63, 3.8) is 0 Å². The van der Waals surface area contributed by atoms with Crippen LogP contribution in [0.25, 0.3) is 16.9 Å². The number of rotatable bonds is 9. The van der Waals surface area contributed by atoms with Crippen molar-refractivity contribution in [2.24, 2.45) is 0 Å². The maximum absolute atomic E-state index is 12.9. The Hall–Kier alpha value is -3.55. The van der Waals surface area contributed by atoms with Crippen LogP contribution in [0.3, 0.4) is 0 Å². The van der Waals surface area contributed by atoms with E-state index in [1.54, 1.807) is 16.9 Å². The zero-order chi connectivity index (χ0) is 21.5. The second-order valence-corrected chi connectivity index (χ2v) is 6.89. The van der Waals surface area contributed by atoms with Crippen LogP contribution < -0.4 is 5.32 Å². The summed E-state index contributed by atoms with van der Waals surface area (Å²) in [5, 5.41) is 7.34. The van der Waals surface area contributed by atoms with Gasteiger partial charge in [0.2, 0.25) is 0 Å². The van der Waals surface area contributed by atoms with Gasteiger partial charge in [-0.1, -0.05) is 42.5 Å². The van der Waals surface area contributed by atoms with Crippen LogP contribution in [-0.4, -0.2) is 40.3 Å². The lowest BCUT2D eigenvalue weighted by Gasteiger charge is -2.08. The highest BCUT2D eigenvalue weighted by Gasteiger charge is 2.16. The molecule has 7 nitrogen and oxygen atoms in total. The highest BCUT2D eigenvalue weighted by atomic mass is 16.5. The molecule has 2 aromatic heterocycles. The van der Waals surface area contributed by atoms with Gasteiger partial charge in [0.1, 0.15) is 5.56 Å². The molecule has 0 atom stereocenters. The topological polar surface area (TPSA) is 77.8 Å². The molecule has 0 saturated heterocycles. The number of carbonyl (C=O) groups excluding carboxylic acids is 1. The van der Waals surface area contributed by atoms with E-state index in [4.69, 9.17) is 9.47 Å². The monoisotopic (exact) mass is 416 g/mol. The molecule has 158 valence electrons. The molecule has 0 radical (unpaired) electrons. The summed E-state index contributed by atoms with van der Waals surface area (Å²) in [6, 6.07) is 19.4. The van der Waals surface area contributed by atoms with Crippen LogP contribution in [0, 0.1) is 0 Å². The molecule has 0 spiro atoms. The molecule has 0 aliphatic carbocycles. The molecule has 2 heterocycles. The smallest absolute Gasteiger partial charge is 0.261 e. The van der Waals surface area contributed by atoms with Crippen molar-refractivity contribution in [3.8, 4) is 11.3 Å². The second kappa shape index (κ2) is 9.97. The van der Waals surface area contributed by atoms with Crippen LogP contribution >= 0.6 is 0 Å². The Balaban J connectivity index is 1.49. The SMILES string of the molecule is CCOCCOCc1cccc(NC(=O)c2cnn3c(-c4ccccc4)ccnc23)c1. The molecular weight excluding hydrogens is 392 g/mol. The van der Waals surface area contributed by atoms with Crippen LogP contribution in [0.15, 0.2) is 73.1 Å². The van der Waals surface area contributed by atoms with Crippen LogP contribution in [0.4, 0.5) is 5.69 Å². The molecule has 0 fully saturated rings. The third kappa shape index (κ3) is 4.96. The number of fused-ring (bicyclic) bond motifs is 1. The molecule has 0 unspecified atom stereocenters. The lowest BCUT2D eigenvalue weighted by atomic mass is 10.1. The van der Waals surface area contributed by atoms with Gasteiger partial charge in [-0.05, 0) is 30.7 Å². The van der Waals surface area contributed by atoms with E-state index >= 15 is 0 Å². The normalized spacial score (nSPS) is 11.0. The number of nitrogens with zero attached hydrogens (tertiary/aromatic N) is 3. The highest BCUT2D eigenvalue weighted by Crippen LogP contribution is 2.21. The Kier molecular flexibility index (Phi) is 6.66. The molecule has 4 aromatic rings. The number of anilines is 1. The standard InChI is InChI=1S/C24H24N4O3/c1-2-30-13-14-31-17-18-7-6-10-20(15-18)27-24(29)21-16-26-28-22(11-12-25-23(21)28)19-8-4-3-5-9-19/h3-12,15-16H,2,13-14,17H2,1H3,(H,27,29). The van der Waals surface area contributed by atoms with Crippen LogP contribution in [-0.2, 0) is 16.1 Å². The Morgan fingerprint density at radius 1 is 1.03 bits per heavy atom. The van der Waals surface area contributed by atoms with Gasteiger partial charge in [0.15, 0.2) is 5.65 Å². The predicted octanol–water partition coefficient (Wildman–Crippen LogP) is 4.20. The van der Waals surface area contributed by atoms with E-state index < -0.39 is 0 Å². The Morgan fingerprint density at radius 3 is 2.71 bits per heavy atom. The maximum Gasteiger partial charge on any atom is 0.261 e. The van der Waals surface area contributed by atoms with E-state index in [-0.39, 0.29) is 5.91 Å². The largest absolute Gasteiger partial charge is 0.379 e. The summed E-state index contributed by atoms with van der Waals surface area (Å²) in [6.45, 7) is 4.18. The van der Waals surface area contributed by atoms with Gasteiger partial charge in [-0.3, -0.25) is 4.79 Å². The first kappa shape index (κ1) is 20.7. The number of amides is 1. The molecule has 31 heavy (non-hydrogen) atoms. The second-order valence-electron chi connectivity index (χ2n) is 6.89. The average Bonchev–Trinajstić information content (AvgIpc) is 3.24. The summed E-state index contributed by atoms with van der Waals surface area (Å²) in [5.74, 6) is -0.262. The van der Waals surface area contributed by atoms with Crippen LogP contribution in [0.5, 0.6) is 0 Å². The first-order valence-electron chi connectivity index (χ1n) is 10.2. The first-order valence-corrected chi connectivity index (χ1v) is 10.2. The summed E-state index contributed by atoms with van der Waals surface area (Å²) in [7, 11) is 0. The van der Waals surface area contributed by atoms with Crippen LogP contribution in [0.2, 0.25) is 0 Å². The first-order chi connectivity index (χ1) is 15.3. The maximum atomic E-state index is 12.9. The molecule has 7 heteroatoms. The highest BCUT2D eigenvalue weighted by molar-refractivity contribution is 6.08. The number of carbonyl (C=O) groups is 1. The minimum absolute atomic E-state index is 0.262. The number of benzene rings is 2. The van der Waals surface area contributed by atoms with Crippen molar-refractivity contribution in [1.29, 1.82) is 0 Å². The fraction of sp³-hybridized carbons (Fsp3) is 0.208. The van der Waals surface area contributed by atoms with E-state index in [0.717, 1.165) is 16.8 Å². The zero-order valence-corrected chi connectivity index (χ0v) is 17.3. The Morgan fingerprint density at radius 2 is 1.87 bits per heavy atom. The number of aromatic nitrogens is 3. The molecule has 2 aromatic carbocycles. The van der Waals surface area contributed by atoms with Crippen molar-refractivity contribution >= 4 is 17.2 Å². The number of ether oxygens (including phenoxy) is 2. The van der Waals surface area contributed by atoms with Gasteiger partial charge in [0, 0.05) is 24.1 Å². The minimum atomic E-state index is -0.262. The van der Waals surface area contributed by atoms with Gasteiger partial charge in [0.05, 0.1) is 31.7 Å². The summed E-state index contributed by atoms with van der Waals surface area (Å²) < 4.78 is 12.6. The quantitative estimate of drug-likeness (QED) is 0.414. The molecular formula is C24H24N4O3. The van der Waals surface area contributed by atoms with Crippen molar-refractivity contribution in [2.45, 2.75) is 13.5 Å². The summed E-state index contributed by atoms with van der Waals surface area (Å²) in [4.78, 5) is 17.3. The van der Waals surface area contributed by atoms with Crippen molar-refractivity contribution in [3.05, 3.63) is 84.2 Å². The Bertz CT molecular complexity index is 1160. The number of hydrogen-bond acceptors (Lipinski definition) is 5. The van der Waals surface area contributed by atoms with Crippen molar-refractivity contribution < 1.29 is 14.3 Å². The molecule has 0 aliphatic heterocycles. The summed E-state index contributed by atoms with van der Waals surface area (Å²) >= 11 is 0. The lowest BCUT2D eigenvalue weighted by molar-refractivity contribution is 0.0453. The fourth-order valence-corrected chi connectivity index (χ4v) is 3.27. The van der Waals surface area contributed by atoms with Crippen LogP contribution in [0.1, 0.15) is 22.8 Å². The lowest BCUT2D eigenvalue weighted by Crippen LogP contribution is -2.12. The molecule has 0 bridgehead atoms. The number of nitrogens with one attached hydrogen (secondary N) is 1. The molecule has 1 N–H and O–H groups in total. The summed E-state index contributed by atoms with van der Waals surface area (Å²) in [5.41, 5.74) is 4.45. The van der Waals surface area contributed by atoms with Gasteiger partial charge < -0.3 is 14.8 Å². The van der Waals surface area contributed by atoms with E-state index in [1.165, 1.54) is 0 Å². The Labute approximate surface area is 180 Å². The van der Waals surface area contributed by atoms with E-state index in [1.807, 2.05) is 67.6 Å². The average molecular weight is 416 g/mol. The molecule has 0 saturated carbocycles.